The van der Waals surface area contributed by atoms with Crippen molar-refractivity contribution < 1.29 is 18.8 Å². The Morgan fingerprint density at radius 2 is 1.75 bits per heavy atom. The molecule has 6 heteroatoms. The lowest BCUT2D eigenvalue weighted by atomic mass is 9.73. The highest BCUT2D eigenvalue weighted by Crippen LogP contribution is 2.47. The van der Waals surface area contributed by atoms with Gasteiger partial charge in [0, 0.05) is 5.92 Å². The number of nitrogens with zero attached hydrogens (tertiary/aromatic N) is 1. The van der Waals surface area contributed by atoms with E-state index in [4.69, 9.17) is 9.16 Å². The maximum atomic E-state index is 12.6. The van der Waals surface area contributed by atoms with Crippen molar-refractivity contribution in [2.75, 3.05) is 6.61 Å². The number of hydrogen-bond donors (Lipinski definition) is 0. The van der Waals surface area contributed by atoms with Crippen LogP contribution in [-0.2, 0) is 14.0 Å². The number of carbonyl (C=O) groups is 2. The second kappa shape index (κ2) is 6.13. The van der Waals surface area contributed by atoms with Crippen molar-refractivity contribution in [3.8, 4) is 0 Å². The molecule has 1 aliphatic heterocycles. The van der Waals surface area contributed by atoms with Crippen molar-refractivity contribution in [2.24, 2.45) is 11.8 Å². The topological polar surface area (TPSA) is 55.8 Å². The van der Waals surface area contributed by atoms with Gasteiger partial charge < -0.3 is 9.16 Å². The van der Waals surface area contributed by atoms with Crippen LogP contribution in [0, 0.1) is 11.8 Å². The largest absolute Gasteiger partial charge is 0.443 e. The SMILES string of the molecule is CC(C)(C)OC(=O)N1C(=O)C2CCC2C1CO[Si](C)(C)C(C)(C)C. The Hall–Kier alpha value is -0.883. The van der Waals surface area contributed by atoms with Gasteiger partial charge in [-0.3, -0.25) is 4.79 Å². The molecule has 2 amide bonds. The molecule has 2 aliphatic rings. The molecule has 0 aromatic carbocycles. The molecule has 0 bridgehead atoms. The molecule has 0 spiro atoms. The second-order valence-corrected chi connectivity index (χ2v) is 14.5. The molecule has 0 radical (unpaired) electrons. The van der Waals surface area contributed by atoms with E-state index in [0.29, 0.717) is 6.61 Å². The van der Waals surface area contributed by atoms with Gasteiger partial charge in [0.1, 0.15) is 5.60 Å². The van der Waals surface area contributed by atoms with Crippen molar-refractivity contribution in [1.82, 2.24) is 4.90 Å². The lowest BCUT2D eigenvalue weighted by Crippen LogP contribution is -2.49. The summed E-state index contributed by atoms with van der Waals surface area (Å²) in [4.78, 5) is 26.5. The van der Waals surface area contributed by atoms with E-state index in [1.807, 2.05) is 20.8 Å². The first-order valence-electron chi connectivity index (χ1n) is 8.94. The minimum Gasteiger partial charge on any atom is -0.443 e. The number of likely N-dealkylation sites (tertiary alicyclic amines) is 1. The highest BCUT2D eigenvalue weighted by atomic mass is 28.4. The monoisotopic (exact) mass is 355 g/mol. The zero-order valence-corrected chi connectivity index (χ0v) is 17.4. The number of amides is 2. The predicted molar refractivity (Wildman–Crippen MR) is 96.2 cm³/mol. The molecule has 0 aromatic heterocycles. The number of ether oxygens (including phenoxy) is 1. The summed E-state index contributed by atoms with van der Waals surface area (Å²) in [5.74, 6) is 0.129. The fraction of sp³-hybridized carbons (Fsp3) is 0.889. The third kappa shape index (κ3) is 3.69. The summed E-state index contributed by atoms with van der Waals surface area (Å²) in [5, 5.41) is 0.103. The van der Waals surface area contributed by atoms with E-state index in [-0.39, 0.29) is 28.8 Å². The Bertz CT molecular complexity index is 518. The van der Waals surface area contributed by atoms with Gasteiger partial charge in [0.2, 0.25) is 5.91 Å². The van der Waals surface area contributed by atoms with E-state index < -0.39 is 20.0 Å². The Kier molecular flexibility index (Phi) is 4.96. The molecule has 1 heterocycles. The minimum absolute atomic E-state index is 0.0227. The average molecular weight is 356 g/mol. The zero-order valence-electron chi connectivity index (χ0n) is 16.4. The van der Waals surface area contributed by atoms with Crippen LogP contribution in [0.25, 0.3) is 0 Å². The summed E-state index contributed by atoms with van der Waals surface area (Å²) in [5.41, 5.74) is -0.607. The van der Waals surface area contributed by atoms with Crippen LogP contribution in [0.5, 0.6) is 0 Å². The van der Waals surface area contributed by atoms with Gasteiger partial charge in [-0.15, -0.1) is 0 Å². The van der Waals surface area contributed by atoms with Crippen molar-refractivity contribution in [3.63, 3.8) is 0 Å². The summed E-state index contributed by atoms with van der Waals surface area (Å²) >= 11 is 0. The fourth-order valence-corrected chi connectivity index (χ4v) is 4.09. The first-order chi connectivity index (χ1) is 10.7. The maximum Gasteiger partial charge on any atom is 0.417 e. The number of rotatable bonds is 3. The van der Waals surface area contributed by atoms with Gasteiger partial charge in [-0.05, 0) is 57.7 Å². The smallest absolute Gasteiger partial charge is 0.417 e. The number of imide groups is 1. The number of hydrogen-bond acceptors (Lipinski definition) is 4. The van der Waals surface area contributed by atoms with Gasteiger partial charge in [-0.1, -0.05) is 20.8 Å². The molecule has 0 aromatic rings. The van der Waals surface area contributed by atoms with Gasteiger partial charge in [0.25, 0.3) is 0 Å². The van der Waals surface area contributed by atoms with E-state index in [1.54, 1.807) is 0 Å². The average Bonchev–Trinajstić information content (AvgIpc) is 2.48. The van der Waals surface area contributed by atoms with Crippen LogP contribution >= 0.6 is 0 Å². The molecule has 2 rings (SSSR count). The normalized spacial score (nSPS) is 27.8. The molecule has 5 nitrogen and oxygen atoms in total. The van der Waals surface area contributed by atoms with Crippen LogP contribution in [-0.4, -0.2) is 43.5 Å². The van der Waals surface area contributed by atoms with E-state index in [9.17, 15) is 9.59 Å². The minimum atomic E-state index is -1.92. The molecule has 1 saturated heterocycles. The zero-order chi connectivity index (χ0) is 18.5. The van der Waals surface area contributed by atoms with E-state index in [0.717, 1.165) is 12.8 Å². The predicted octanol–water partition coefficient (Wildman–Crippen LogP) is 4.18. The maximum absolute atomic E-state index is 12.6. The molecule has 1 saturated carbocycles. The molecule has 3 atom stereocenters. The van der Waals surface area contributed by atoms with Gasteiger partial charge in [-0.2, -0.15) is 0 Å². The third-order valence-electron chi connectivity index (χ3n) is 5.72. The molecular weight excluding hydrogens is 322 g/mol. The van der Waals surface area contributed by atoms with Crippen molar-refractivity contribution in [1.29, 1.82) is 0 Å². The standard InChI is InChI=1S/C18H33NO4Si/c1-17(2,3)23-16(21)19-14(12-9-10-13(12)15(19)20)11-22-24(7,8)18(4,5)6/h12-14H,9-11H2,1-8H3. The fourth-order valence-electron chi connectivity index (χ4n) is 3.07. The van der Waals surface area contributed by atoms with Crippen LogP contribution in [0.1, 0.15) is 54.4 Å². The van der Waals surface area contributed by atoms with Crippen LogP contribution in [0.3, 0.4) is 0 Å². The first-order valence-corrected chi connectivity index (χ1v) is 11.9. The highest BCUT2D eigenvalue weighted by Gasteiger charge is 2.56. The van der Waals surface area contributed by atoms with E-state index in [1.165, 1.54) is 4.90 Å². The number of carbonyl (C=O) groups excluding carboxylic acids is 2. The van der Waals surface area contributed by atoms with Crippen LogP contribution < -0.4 is 0 Å². The Balaban J connectivity index is 2.13. The quantitative estimate of drug-likeness (QED) is 0.713. The molecule has 3 unspecified atom stereocenters. The van der Waals surface area contributed by atoms with Crippen molar-refractivity contribution in [2.45, 2.75) is 84.2 Å². The molecule has 0 N–H and O–H groups in total. The van der Waals surface area contributed by atoms with Crippen LogP contribution in [0.2, 0.25) is 18.1 Å². The second-order valence-electron chi connectivity index (χ2n) is 9.67. The van der Waals surface area contributed by atoms with Crippen LogP contribution in [0.15, 0.2) is 0 Å². The van der Waals surface area contributed by atoms with Crippen molar-refractivity contribution in [3.05, 3.63) is 0 Å². The number of fused-ring (bicyclic) bond motifs is 1. The molecule has 24 heavy (non-hydrogen) atoms. The lowest BCUT2D eigenvalue weighted by molar-refractivity contribution is -0.132. The molecule has 1 aliphatic carbocycles. The Labute approximate surface area is 147 Å². The molecule has 138 valence electrons. The summed E-state index contributed by atoms with van der Waals surface area (Å²) in [6, 6.07) is -0.180. The summed E-state index contributed by atoms with van der Waals surface area (Å²) in [7, 11) is -1.92. The van der Waals surface area contributed by atoms with Crippen molar-refractivity contribution >= 4 is 20.3 Å². The first kappa shape index (κ1) is 19.4. The Morgan fingerprint density at radius 1 is 1.17 bits per heavy atom. The third-order valence-corrected chi connectivity index (χ3v) is 10.2. The summed E-state index contributed by atoms with van der Waals surface area (Å²) in [6.07, 6.45) is 1.34. The van der Waals surface area contributed by atoms with Gasteiger partial charge >= 0.3 is 6.09 Å². The lowest BCUT2D eigenvalue weighted by Gasteiger charge is -2.39. The Morgan fingerprint density at radius 3 is 2.17 bits per heavy atom. The van der Waals surface area contributed by atoms with Gasteiger partial charge in [0.15, 0.2) is 8.32 Å². The summed E-state index contributed by atoms with van der Waals surface area (Å²) in [6.45, 7) is 16.9. The van der Waals surface area contributed by atoms with E-state index >= 15 is 0 Å². The van der Waals surface area contributed by atoms with E-state index in [2.05, 4.69) is 33.9 Å². The highest BCUT2D eigenvalue weighted by molar-refractivity contribution is 6.74. The summed E-state index contributed by atoms with van der Waals surface area (Å²) < 4.78 is 11.8. The van der Waals surface area contributed by atoms with Crippen LogP contribution in [0.4, 0.5) is 4.79 Å². The van der Waals surface area contributed by atoms with Gasteiger partial charge in [-0.25, -0.2) is 9.69 Å². The molecular formula is C18H33NO4Si. The van der Waals surface area contributed by atoms with Gasteiger partial charge in [0.05, 0.1) is 12.6 Å². The molecule has 2 fully saturated rings.